The molecule has 0 radical (unpaired) electrons. The Balaban J connectivity index is 1.66. The maximum atomic E-state index is 13.0. The minimum absolute atomic E-state index is 0.220. The van der Waals surface area contributed by atoms with Crippen molar-refractivity contribution in [3.05, 3.63) is 113 Å². The van der Waals surface area contributed by atoms with Gasteiger partial charge in [-0.25, -0.2) is 9.18 Å². The second-order valence-electron chi connectivity index (χ2n) is 6.36. The van der Waals surface area contributed by atoms with Crippen LogP contribution < -0.4 is 5.69 Å². The summed E-state index contributed by atoms with van der Waals surface area (Å²) >= 11 is 0. The zero-order valence-corrected chi connectivity index (χ0v) is 15.2. The van der Waals surface area contributed by atoms with Gasteiger partial charge in [-0.1, -0.05) is 30.3 Å². The molecule has 0 spiro atoms. The minimum Gasteiger partial charge on any atom is -0.312 e. The average Bonchev–Trinajstić information content (AvgIpc) is 3.15. The summed E-state index contributed by atoms with van der Waals surface area (Å²) in [6.07, 6.45) is 7.99. The first-order chi connectivity index (χ1) is 14.1. The number of rotatable bonds is 5. The van der Waals surface area contributed by atoms with Gasteiger partial charge in [0, 0.05) is 29.7 Å². The van der Waals surface area contributed by atoms with Gasteiger partial charge >= 0.3 is 5.69 Å². The van der Waals surface area contributed by atoms with Gasteiger partial charge in [0.25, 0.3) is 0 Å². The van der Waals surface area contributed by atoms with E-state index in [0.717, 1.165) is 11.1 Å². The third kappa shape index (κ3) is 3.96. The van der Waals surface area contributed by atoms with Gasteiger partial charge in [0.05, 0.1) is 11.4 Å². The number of imidazole rings is 1. The van der Waals surface area contributed by atoms with E-state index in [1.54, 1.807) is 67.1 Å². The zero-order valence-electron chi connectivity index (χ0n) is 15.2. The van der Waals surface area contributed by atoms with Gasteiger partial charge in [0.1, 0.15) is 5.82 Å². The monoisotopic (exact) mass is 385 g/mol. The van der Waals surface area contributed by atoms with Gasteiger partial charge in [-0.3, -0.25) is 14.3 Å². The number of aromatic amines is 1. The lowest BCUT2D eigenvalue weighted by Crippen LogP contribution is -2.16. The van der Waals surface area contributed by atoms with Gasteiger partial charge in [0.2, 0.25) is 0 Å². The number of H-pyrrole nitrogens is 1. The van der Waals surface area contributed by atoms with Crippen LogP contribution in [0.4, 0.5) is 4.39 Å². The van der Waals surface area contributed by atoms with Crippen LogP contribution in [0, 0.1) is 5.82 Å². The molecule has 0 unspecified atom stereocenters. The number of nitrogens with one attached hydrogen (secondary N) is 1. The van der Waals surface area contributed by atoms with Crippen LogP contribution in [-0.2, 0) is 0 Å². The van der Waals surface area contributed by atoms with Crippen molar-refractivity contribution < 1.29 is 9.18 Å². The molecule has 2 aromatic heterocycles. The Morgan fingerprint density at radius 1 is 1.07 bits per heavy atom. The molecule has 29 heavy (non-hydrogen) atoms. The summed E-state index contributed by atoms with van der Waals surface area (Å²) in [7, 11) is 0. The highest BCUT2D eigenvalue weighted by atomic mass is 19.1. The molecule has 0 saturated carbocycles. The second-order valence-corrected chi connectivity index (χ2v) is 6.36. The van der Waals surface area contributed by atoms with Crippen molar-refractivity contribution in [2.24, 2.45) is 0 Å². The molecule has 0 aliphatic heterocycles. The first-order valence-electron chi connectivity index (χ1n) is 8.91. The van der Waals surface area contributed by atoms with E-state index >= 15 is 0 Å². The Hall–Kier alpha value is -4.06. The van der Waals surface area contributed by atoms with E-state index in [1.165, 1.54) is 22.8 Å². The van der Waals surface area contributed by atoms with Crippen LogP contribution in [0.2, 0.25) is 0 Å². The van der Waals surface area contributed by atoms with E-state index in [4.69, 9.17) is 0 Å². The van der Waals surface area contributed by atoms with Crippen molar-refractivity contribution in [2.75, 3.05) is 0 Å². The number of hydrogen-bond donors (Lipinski definition) is 1. The predicted molar refractivity (Wildman–Crippen MR) is 109 cm³/mol. The normalized spacial score (nSPS) is 11.1. The molecule has 4 rings (SSSR count). The Labute approximate surface area is 165 Å². The maximum absolute atomic E-state index is 13.0. The molecule has 5 nitrogen and oxygen atoms in total. The van der Waals surface area contributed by atoms with Crippen LogP contribution in [0.1, 0.15) is 15.9 Å². The van der Waals surface area contributed by atoms with Gasteiger partial charge in [-0.15, -0.1) is 0 Å². The summed E-state index contributed by atoms with van der Waals surface area (Å²) < 4.78 is 14.5. The van der Waals surface area contributed by atoms with Crippen LogP contribution in [0.5, 0.6) is 0 Å². The van der Waals surface area contributed by atoms with Gasteiger partial charge in [0.15, 0.2) is 5.78 Å². The van der Waals surface area contributed by atoms with E-state index in [2.05, 4.69) is 9.97 Å². The first-order valence-corrected chi connectivity index (χ1v) is 8.91. The maximum Gasteiger partial charge on any atom is 0.330 e. The third-order valence-electron chi connectivity index (χ3n) is 4.42. The van der Waals surface area contributed by atoms with Crippen LogP contribution in [-0.4, -0.2) is 20.3 Å². The molecule has 0 fully saturated rings. The molecule has 0 atom stereocenters. The molecule has 0 bridgehead atoms. The summed E-state index contributed by atoms with van der Waals surface area (Å²) in [4.78, 5) is 31.7. The quantitative estimate of drug-likeness (QED) is 0.412. The SMILES string of the molecule is O=C(C=Cc1ccc(F)cc1)c1cccc(-n2c(-c3cccnc3)c[nH]c2=O)c1. The number of allylic oxidation sites excluding steroid dienone is 1. The third-order valence-corrected chi connectivity index (χ3v) is 4.42. The number of carbonyl (C=O) groups excluding carboxylic acids is 1. The molecule has 0 aliphatic carbocycles. The minimum atomic E-state index is -0.331. The standard InChI is InChI=1S/C23H16FN3O2/c24-19-9-6-16(7-10-19)8-11-22(28)17-3-1-5-20(13-17)27-21(15-26-23(27)29)18-4-2-12-25-14-18/h1-15H,(H,26,29). The number of halogens is 1. The molecule has 6 heteroatoms. The first kappa shape index (κ1) is 18.3. The van der Waals surface area contributed by atoms with Crippen molar-refractivity contribution >= 4 is 11.9 Å². The lowest BCUT2D eigenvalue weighted by molar-refractivity contribution is 0.104. The number of nitrogens with zero attached hydrogens (tertiary/aromatic N) is 2. The topological polar surface area (TPSA) is 67.8 Å². The molecule has 1 N–H and O–H groups in total. The van der Waals surface area contributed by atoms with Crippen LogP contribution in [0.25, 0.3) is 23.0 Å². The number of benzene rings is 2. The highest BCUT2D eigenvalue weighted by Gasteiger charge is 2.12. The molecule has 2 aromatic carbocycles. The summed E-state index contributed by atoms with van der Waals surface area (Å²) in [6.45, 7) is 0. The molecule has 4 aromatic rings. The van der Waals surface area contributed by atoms with Crippen molar-refractivity contribution in [1.82, 2.24) is 14.5 Å². The Kier molecular flexibility index (Phi) is 4.99. The summed E-state index contributed by atoms with van der Waals surface area (Å²) in [5.41, 5.74) is 2.84. The van der Waals surface area contributed by atoms with Crippen LogP contribution in [0.3, 0.4) is 0 Å². The molecule has 0 saturated heterocycles. The van der Waals surface area contributed by atoms with E-state index in [-0.39, 0.29) is 17.3 Å². The average molecular weight is 385 g/mol. The van der Waals surface area contributed by atoms with Gasteiger partial charge in [-0.05, 0) is 48.0 Å². The number of pyridine rings is 1. The van der Waals surface area contributed by atoms with Crippen LogP contribution in [0.15, 0.2) is 90.1 Å². The summed E-state index contributed by atoms with van der Waals surface area (Å²) in [5, 5.41) is 0. The Morgan fingerprint density at radius 3 is 2.66 bits per heavy atom. The predicted octanol–water partition coefficient (Wildman–Crippen LogP) is 4.26. The van der Waals surface area contributed by atoms with E-state index in [1.807, 2.05) is 6.07 Å². The van der Waals surface area contributed by atoms with E-state index in [9.17, 15) is 14.0 Å². The summed E-state index contributed by atoms with van der Waals surface area (Å²) in [6, 6.07) is 16.3. The van der Waals surface area contributed by atoms with E-state index in [0.29, 0.717) is 16.9 Å². The van der Waals surface area contributed by atoms with E-state index < -0.39 is 0 Å². The number of hydrogen-bond acceptors (Lipinski definition) is 3. The van der Waals surface area contributed by atoms with Crippen LogP contribution >= 0.6 is 0 Å². The fourth-order valence-electron chi connectivity index (χ4n) is 2.99. The number of aromatic nitrogens is 3. The summed E-state index contributed by atoms with van der Waals surface area (Å²) in [5.74, 6) is -0.551. The largest absolute Gasteiger partial charge is 0.330 e. The molecule has 142 valence electrons. The Morgan fingerprint density at radius 2 is 1.90 bits per heavy atom. The van der Waals surface area contributed by atoms with Crippen molar-refractivity contribution in [2.45, 2.75) is 0 Å². The second kappa shape index (κ2) is 7.90. The van der Waals surface area contributed by atoms with Crippen molar-refractivity contribution in [3.63, 3.8) is 0 Å². The molecule has 0 amide bonds. The molecular formula is C23H16FN3O2. The number of carbonyl (C=O) groups is 1. The highest BCUT2D eigenvalue weighted by Crippen LogP contribution is 2.20. The van der Waals surface area contributed by atoms with Gasteiger partial charge in [-0.2, -0.15) is 0 Å². The highest BCUT2D eigenvalue weighted by molar-refractivity contribution is 6.07. The molecule has 0 aliphatic rings. The zero-order chi connectivity index (χ0) is 20.2. The molecule has 2 heterocycles. The van der Waals surface area contributed by atoms with Gasteiger partial charge < -0.3 is 4.98 Å². The fraction of sp³-hybridized carbons (Fsp3) is 0. The lowest BCUT2D eigenvalue weighted by atomic mass is 10.1. The lowest BCUT2D eigenvalue weighted by Gasteiger charge is -2.08. The smallest absolute Gasteiger partial charge is 0.312 e. The fourth-order valence-corrected chi connectivity index (χ4v) is 2.99. The van der Waals surface area contributed by atoms with Crippen molar-refractivity contribution in [3.8, 4) is 16.9 Å². The molecular weight excluding hydrogens is 369 g/mol. The Bertz CT molecular complexity index is 1240. The number of ketones is 1. The van der Waals surface area contributed by atoms with Crippen molar-refractivity contribution in [1.29, 1.82) is 0 Å².